The molecule has 0 unspecified atom stereocenters. The van der Waals surface area contributed by atoms with Gasteiger partial charge in [-0.1, -0.05) is 18.2 Å². The lowest BCUT2D eigenvalue weighted by molar-refractivity contribution is -0.123. The van der Waals surface area contributed by atoms with Gasteiger partial charge in [-0.15, -0.1) is 0 Å². The van der Waals surface area contributed by atoms with Gasteiger partial charge in [0.05, 0.1) is 19.7 Å². The lowest BCUT2D eigenvalue weighted by atomic mass is 10.1. The molecule has 22 heavy (non-hydrogen) atoms. The smallest absolute Gasteiger partial charge is 0.237 e. The van der Waals surface area contributed by atoms with Crippen molar-refractivity contribution < 1.29 is 14.3 Å². The van der Waals surface area contributed by atoms with E-state index in [2.05, 4.69) is 16.0 Å². The van der Waals surface area contributed by atoms with Crippen LogP contribution < -0.4 is 20.7 Å². The molecule has 6 heteroatoms. The average molecular weight is 305 g/mol. The fourth-order valence-electron chi connectivity index (χ4n) is 2.46. The van der Waals surface area contributed by atoms with Gasteiger partial charge in [-0.25, -0.2) is 0 Å². The minimum absolute atomic E-state index is 0.0185. The monoisotopic (exact) mass is 305 g/mol. The second-order valence-corrected chi connectivity index (χ2v) is 5.31. The number of hydrogen-bond donors (Lipinski definition) is 3. The summed E-state index contributed by atoms with van der Waals surface area (Å²) in [5.41, 5.74) is 0.922. The highest BCUT2D eigenvalue weighted by Gasteiger charge is 2.20. The molecule has 1 atom stereocenters. The van der Waals surface area contributed by atoms with Gasteiger partial charge in [0.1, 0.15) is 5.75 Å². The van der Waals surface area contributed by atoms with Crippen LogP contribution in [0.25, 0.3) is 0 Å². The average Bonchev–Trinajstić information content (AvgIpc) is 2.75. The molecule has 0 aromatic heterocycles. The van der Waals surface area contributed by atoms with E-state index in [0.29, 0.717) is 6.54 Å². The number of nitrogens with one attached hydrogen (secondary N) is 3. The molecule has 1 fully saturated rings. The third kappa shape index (κ3) is 4.73. The standard InChI is InChI=1S/C16H23N3O3/c1-22-14-8-3-2-6-12(14)10-19-15(20)11-18-13-7-4-5-9-17-16(13)21/h2-3,6,8,13,18H,4-5,7,9-11H2,1H3,(H,17,21)(H,19,20)/t13-/m0/s1. The topological polar surface area (TPSA) is 79.5 Å². The number of amides is 2. The molecule has 0 radical (unpaired) electrons. The molecular formula is C16H23N3O3. The van der Waals surface area contributed by atoms with Gasteiger partial charge in [-0.2, -0.15) is 0 Å². The van der Waals surface area contributed by atoms with Crippen LogP contribution in [0, 0.1) is 0 Å². The summed E-state index contributed by atoms with van der Waals surface area (Å²) in [6.07, 6.45) is 2.74. The summed E-state index contributed by atoms with van der Waals surface area (Å²) < 4.78 is 5.24. The van der Waals surface area contributed by atoms with Crippen LogP contribution >= 0.6 is 0 Å². The molecule has 1 aromatic carbocycles. The first kappa shape index (κ1) is 16.3. The number of para-hydroxylation sites is 1. The summed E-state index contributed by atoms with van der Waals surface area (Å²) in [5.74, 6) is 0.594. The summed E-state index contributed by atoms with van der Waals surface area (Å²) >= 11 is 0. The molecule has 1 saturated heterocycles. The van der Waals surface area contributed by atoms with E-state index in [9.17, 15) is 9.59 Å². The molecule has 1 aliphatic rings. The molecule has 6 nitrogen and oxygen atoms in total. The fraction of sp³-hybridized carbons (Fsp3) is 0.500. The van der Waals surface area contributed by atoms with Gasteiger partial charge >= 0.3 is 0 Å². The molecule has 0 saturated carbocycles. The van der Waals surface area contributed by atoms with Gasteiger partial charge in [-0.05, 0) is 25.3 Å². The Morgan fingerprint density at radius 1 is 1.36 bits per heavy atom. The van der Waals surface area contributed by atoms with E-state index in [1.807, 2.05) is 24.3 Å². The number of rotatable bonds is 6. The maximum atomic E-state index is 11.9. The molecule has 2 rings (SSSR count). The van der Waals surface area contributed by atoms with Crippen molar-refractivity contribution in [1.82, 2.24) is 16.0 Å². The van der Waals surface area contributed by atoms with Crippen molar-refractivity contribution in [3.8, 4) is 5.75 Å². The van der Waals surface area contributed by atoms with Gasteiger partial charge in [0.25, 0.3) is 0 Å². The molecule has 2 amide bonds. The summed E-state index contributed by atoms with van der Waals surface area (Å²) in [4.78, 5) is 23.7. The number of benzene rings is 1. The molecule has 0 spiro atoms. The van der Waals surface area contributed by atoms with Crippen molar-refractivity contribution in [1.29, 1.82) is 0 Å². The number of hydrogen-bond acceptors (Lipinski definition) is 4. The Morgan fingerprint density at radius 2 is 2.18 bits per heavy atom. The first-order valence-electron chi connectivity index (χ1n) is 7.60. The molecule has 1 heterocycles. The summed E-state index contributed by atoms with van der Waals surface area (Å²) in [6, 6.07) is 7.27. The summed E-state index contributed by atoms with van der Waals surface area (Å²) in [6.45, 7) is 1.26. The molecule has 0 bridgehead atoms. The van der Waals surface area contributed by atoms with E-state index in [4.69, 9.17) is 4.74 Å². The van der Waals surface area contributed by atoms with Crippen molar-refractivity contribution in [2.45, 2.75) is 31.8 Å². The fourth-order valence-corrected chi connectivity index (χ4v) is 2.46. The van der Waals surface area contributed by atoms with E-state index in [-0.39, 0.29) is 24.4 Å². The van der Waals surface area contributed by atoms with Crippen molar-refractivity contribution in [3.63, 3.8) is 0 Å². The Labute approximate surface area is 130 Å². The van der Waals surface area contributed by atoms with E-state index in [0.717, 1.165) is 37.1 Å². The van der Waals surface area contributed by atoms with E-state index in [1.54, 1.807) is 7.11 Å². The molecular weight excluding hydrogens is 282 g/mol. The number of carbonyl (C=O) groups excluding carboxylic acids is 2. The Bertz CT molecular complexity index is 519. The van der Waals surface area contributed by atoms with Crippen LogP contribution in [0.2, 0.25) is 0 Å². The van der Waals surface area contributed by atoms with Gasteiger partial charge in [0.15, 0.2) is 0 Å². The van der Waals surface area contributed by atoms with Gasteiger partial charge in [-0.3, -0.25) is 14.9 Å². The van der Waals surface area contributed by atoms with Crippen LogP contribution in [0.15, 0.2) is 24.3 Å². The van der Waals surface area contributed by atoms with Crippen LogP contribution in [-0.2, 0) is 16.1 Å². The zero-order valence-electron chi connectivity index (χ0n) is 12.9. The van der Waals surface area contributed by atoms with Crippen molar-refractivity contribution >= 4 is 11.8 Å². The highest BCUT2D eigenvalue weighted by molar-refractivity contribution is 5.83. The first-order valence-corrected chi connectivity index (χ1v) is 7.60. The molecule has 120 valence electrons. The molecule has 3 N–H and O–H groups in total. The number of ether oxygens (including phenoxy) is 1. The highest BCUT2D eigenvalue weighted by Crippen LogP contribution is 2.16. The zero-order valence-corrected chi connectivity index (χ0v) is 12.9. The van der Waals surface area contributed by atoms with Crippen LogP contribution in [0.5, 0.6) is 5.75 Å². The second kappa shape index (κ2) is 8.38. The van der Waals surface area contributed by atoms with E-state index >= 15 is 0 Å². The van der Waals surface area contributed by atoms with Gasteiger partial charge in [0, 0.05) is 18.7 Å². The lowest BCUT2D eigenvalue weighted by Gasteiger charge is -2.15. The Balaban J connectivity index is 1.77. The maximum Gasteiger partial charge on any atom is 0.237 e. The van der Waals surface area contributed by atoms with Crippen molar-refractivity contribution in [2.24, 2.45) is 0 Å². The predicted molar refractivity (Wildman–Crippen MR) is 83.5 cm³/mol. The van der Waals surface area contributed by atoms with Crippen molar-refractivity contribution in [3.05, 3.63) is 29.8 Å². The van der Waals surface area contributed by atoms with Gasteiger partial charge in [0.2, 0.25) is 11.8 Å². The zero-order chi connectivity index (χ0) is 15.8. The molecule has 0 aliphatic carbocycles. The minimum atomic E-state index is -0.278. The molecule has 1 aromatic rings. The predicted octanol–water partition coefficient (Wildman–Crippen LogP) is 0.570. The lowest BCUT2D eigenvalue weighted by Crippen LogP contribution is -2.46. The third-order valence-corrected chi connectivity index (χ3v) is 3.71. The Kier molecular flexibility index (Phi) is 6.21. The van der Waals surface area contributed by atoms with Crippen LogP contribution in [0.3, 0.4) is 0 Å². The van der Waals surface area contributed by atoms with Crippen LogP contribution in [0.4, 0.5) is 0 Å². The van der Waals surface area contributed by atoms with Crippen LogP contribution in [0.1, 0.15) is 24.8 Å². The van der Waals surface area contributed by atoms with Crippen molar-refractivity contribution in [2.75, 3.05) is 20.2 Å². The number of methoxy groups -OCH3 is 1. The SMILES string of the molecule is COc1ccccc1CNC(=O)CN[C@H]1CCCCNC1=O. The normalized spacial score (nSPS) is 18.2. The summed E-state index contributed by atoms with van der Waals surface area (Å²) in [5, 5.41) is 8.69. The minimum Gasteiger partial charge on any atom is -0.496 e. The molecule has 1 aliphatic heterocycles. The largest absolute Gasteiger partial charge is 0.496 e. The Morgan fingerprint density at radius 3 is 3.00 bits per heavy atom. The van der Waals surface area contributed by atoms with Crippen LogP contribution in [-0.4, -0.2) is 38.1 Å². The highest BCUT2D eigenvalue weighted by atomic mass is 16.5. The van der Waals surface area contributed by atoms with Gasteiger partial charge < -0.3 is 15.4 Å². The third-order valence-electron chi connectivity index (χ3n) is 3.71. The maximum absolute atomic E-state index is 11.9. The van der Waals surface area contributed by atoms with E-state index < -0.39 is 0 Å². The van der Waals surface area contributed by atoms with E-state index in [1.165, 1.54) is 0 Å². The second-order valence-electron chi connectivity index (χ2n) is 5.31. The number of carbonyl (C=O) groups is 2. The summed E-state index contributed by atoms with van der Waals surface area (Å²) in [7, 11) is 1.60. The quantitative estimate of drug-likeness (QED) is 0.718. The Hall–Kier alpha value is -2.08. The first-order chi connectivity index (χ1) is 10.7.